The lowest BCUT2D eigenvalue weighted by Crippen LogP contribution is -2.33. The van der Waals surface area contributed by atoms with Crippen molar-refractivity contribution in [2.75, 3.05) is 0 Å². The molecule has 0 radical (unpaired) electrons. The van der Waals surface area contributed by atoms with E-state index in [4.69, 9.17) is 0 Å². The van der Waals surface area contributed by atoms with Crippen LogP contribution >= 0.6 is 0 Å². The predicted molar refractivity (Wildman–Crippen MR) is 82.1 cm³/mol. The van der Waals surface area contributed by atoms with E-state index in [1.807, 2.05) is 6.07 Å². The van der Waals surface area contributed by atoms with Crippen molar-refractivity contribution in [2.45, 2.75) is 13.5 Å². The molecule has 116 valence electrons. The minimum absolute atomic E-state index is 0.0294. The maximum absolute atomic E-state index is 12.0. The molecule has 23 heavy (non-hydrogen) atoms. The number of aryl methyl sites for hydroxylation is 1. The Bertz CT molecular complexity index is 1020. The maximum atomic E-state index is 12.0. The van der Waals surface area contributed by atoms with Crippen LogP contribution in [0.1, 0.15) is 17.3 Å². The number of hydrogen-bond donors (Lipinski definition) is 1. The van der Waals surface area contributed by atoms with Gasteiger partial charge in [-0.05, 0) is 13.0 Å². The highest BCUT2D eigenvalue weighted by molar-refractivity contribution is 6.01. The van der Waals surface area contributed by atoms with Gasteiger partial charge in [0.25, 0.3) is 5.56 Å². The summed E-state index contributed by atoms with van der Waals surface area (Å²) >= 11 is 0. The second-order valence-corrected chi connectivity index (χ2v) is 4.91. The van der Waals surface area contributed by atoms with Crippen LogP contribution in [0.5, 0.6) is 0 Å². The highest BCUT2D eigenvalue weighted by Gasteiger charge is 2.15. The third kappa shape index (κ3) is 2.42. The Balaban J connectivity index is 2.50. The minimum Gasteiger partial charge on any atom is -0.545 e. The van der Waals surface area contributed by atoms with Gasteiger partial charge in [0.1, 0.15) is 0 Å². The molecule has 2 heterocycles. The number of hydrogen-bond acceptors (Lipinski definition) is 5. The molecule has 0 unspecified atom stereocenters. The topological polar surface area (TPSA) is 108 Å². The fourth-order valence-electron chi connectivity index (χ4n) is 2.49. The van der Waals surface area contributed by atoms with Crippen LogP contribution in [0.3, 0.4) is 0 Å². The fourth-order valence-corrected chi connectivity index (χ4v) is 2.49. The van der Waals surface area contributed by atoms with Crippen molar-refractivity contribution in [3.05, 3.63) is 62.8 Å². The molecule has 0 spiro atoms. The summed E-state index contributed by atoms with van der Waals surface area (Å²) < 4.78 is 1.22. The lowest BCUT2D eigenvalue weighted by Gasteiger charge is -2.13. The molecule has 0 amide bonds. The fraction of sp³-hybridized carbons (Fsp3) is 0.125. The van der Waals surface area contributed by atoms with Crippen LogP contribution in [0, 0.1) is 0 Å². The molecule has 1 N–H and O–H groups in total. The van der Waals surface area contributed by atoms with Crippen LogP contribution in [0.25, 0.3) is 22.3 Å². The van der Waals surface area contributed by atoms with E-state index in [1.165, 1.54) is 10.6 Å². The Morgan fingerprint density at radius 1 is 1.26 bits per heavy atom. The standard InChI is InChI=1S/C16H13N3O4/c1-2-19-13-12(14(20)18-16(19)23)10(15(21)22)8-11(17-13)9-6-4-3-5-7-9/h3-8H,2H2,1H3,(H,21,22)(H,18,20,23)/p-1. The number of pyridine rings is 1. The van der Waals surface area contributed by atoms with Crippen molar-refractivity contribution >= 4 is 17.0 Å². The summed E-state index contributed by atoms with van der Waals surface area (Å²) in [5, 5.41) is 11.3. The largest absolute Gasteiger partial charge is 0.545 e. The maximum Gasteiger partial charge on any atom is 0.329 e. The summed E-state index contributed by atoms with van der Waals surface area (Å²) in [5.41, 5.74) is -0.663. The Hall–Kier alpha value is -3.22. The third-order valence-electron chi connectivity index (χ3n) is 3.55. The lowest BCUT2D eigenvalue weighted by molar-refractivity contribution is -0.254. The molecule has 7 nitrogen and oxygen atoms in total. The van der Waals surface area contributed by atoms with Gasteiger partial charge in [-0.25, -0.2) is 9.78 Å². The summed E-state index contributed by atoms with van der Waals surface area (Å²) in [6.45, 7) is 1.94. The number of carboxylic acids is 1. The van der Waals surface area contributed by atoms with E-state index >= 15 is 0 Å². The van der Waals surface area contributed by atoms with E-state index in [0.29, 0.717) is 11.3 Å². The molecular weight excluding hydrogens is 298 g/mol. The van der Waals surface area contributed by atoms with Gasteiger partial charge in [0.2, 0.25) is 0 Å². The van der Waals surface area contributed by atoms with Gasteiger partial charge in [0, 0.05) is 17.7 Å². The van der Waals surface area contributed by atoms with Crippen molar-refractivity contribution in [1.29, 1.82) is 0 Å². The van der Waals surface area contributed by atoms with E-state index < -0.39 is 17.2 Å². The number of nitrogens with one attached hydrogen (secondary N) is 1. The van der Waals surface area contributed by atoms with Crippen LogP contribution in [-0.4, -0.2) is 20.5 Å². The SMILES string of the molecule is CCn1c(=O)[nH]c(=O)c2c(C(=O)[O-])cc(-c3ccccc3)nc21. The first-order valence-corrected chi connectivity index (χ1v) is 6.97. The number of H-pyrrole nitrogens is 1. The molecule has 0 aliphatic carbocycles. The average Bonchev–Trinajstić information content (AvgIpc) is 2.54. The monoisotopic (exact) mass is 310 g/mol. The summed E-state index contributed by atoms with van der Waals surface area (Å²) in [6.07, 6.45) is 0. The van der Waals surface area contributed by atoms with Crippen LogP contribution in [0.15, 0.2) is 46.0 Å². The summed E-state index contributed by atoms with van der Waals surface area (Å²) in [6, 6.07) is 10.2. The minimum atomic E-state index is -1.50. The first kappa shape index (κ1) is 14.7. The van der Waals surface area contributed by atoms with Gasteiger partial charge in [0.05, 0.1) is 17.0 Å². The van der Waals surface area contributed by atoms with Crippen LogP contribution in [0.2, 0.25) is 0 Å². The Morgan fingerprint density at radius 3 is 2.57 bits per heavy atom. The number of nitrogens with zero attached hydrogens (tertiary/aromatic N) is 2. The number of aromatic amines is 1. The van der Waals surface area contributed by atoms with Gasteiger partial charge in [-0.2, -0.15) is 0 Å². The Kier molecular flexibility index (Phi) is 3.53. The first-order valence-electron chi connectivity index (χ1n) is 6.97. The predicted octanol–water partition coefficient (Wildman–Crippen LogP) is 0.135. The number of carbonyl (C=O) groups is 1. The first-order chi connectivity index (χ1) is 11.0. The molecule has 0 saturated heterocycles. The molecule has 2 aromatic heterocycles. The normalized spacial score (nSPS) is 10.8. The molecule has 0 atom stereocenters. The second kappa shape index (κ2) is 5.53. The Morgan fingerprint density at radius 2 is 1.96 bits per heavy atom. The molecule has 0 bridgehead atoms. The molecule has 1 aromatic carbocycles. The molecule has 0 aliphatic heterocycles. The highest BCUT2D eigenvalue weighted by atomic mass is 16.4. The number of carboxylic acid groups (broad SMARTS) is 1. The van der Waals surface area contributed by atoms with Gasteiger partial charge in [-0.15, -0.1) is 0 Å². The molecule has 0 aliphatic rings. The Labute approximate surface area is 129 Å². The van der Waals surface area contributed by atoms with Gasteiger partial charge in [0.15, 0.2) is 5.65 Å². The second-order valence-electron chi connectivity index (χ2n) is 4.91. The summed E-state index contributed by atoms with van der Waals surface area (Å²) in [7, 11) is 0. The third-order valence-corrected chi connectivity index (χ3v) is 3.55. The van der Waals surface area contributed by atoms with E-state index in [2.05, 4.69) is 9.97 Å². The number of fused-ring (bicyclic) bond motifs is 1. The van der Waals surface area contributed by atoms with E-state index in [1.54, 1.807) is 31.2 Å². The lowest BCUT2D eigenvalue weighted by atomic mass is 10.1. The van der Waals surface area contributed by atoms with Gasteiger partial charge in [-0.3, -0.25) is 14.3 Å². The highest BCUT2D eigenvalue weighted by Crippen LogP contribution is 2.22. The van der Waals surface area contributed by atoms with Crippen LogP contribution in [0.4, 0.5) is 0 Å². The number of benzene rings is 1. The zero-order valence-electron chi connectivity index (χ0n) is 12.2. The number of aromatic nitrogens is 3. The molecule has 0 saturated carbocycles. The van der Waals surface area contributed by atoms with Crippen molar-refractivity contribution in [3.63, 3.8) is 0 Å². The molecule has 3 rings (SSSR count). The van der Waals surface area contributed by atoms with Crippen molar-refractivity contribution in [1.82, 2.24) is 14.5 Å². The van der Waals surface area contributed by atoms with E-state index in [9.17, 15) is 19.5 Å². The zero-order valence-corrected chi connectivity index (χ0v) is 12.2. The molecule has 7 heteroatoms. The van der Waals surface area contributed by atoms with Gasteiger partial charge in [-0.1, -0.05) is 30.3 Å². The van der Waals surface area contributed by atoms with Crippen LogP contribution < -0.4 is 16.4 Å². The number of aromatic carboxylic acids is 1. The molecular formula is C16H12N3O4-. The van der Waals surface area contributed by atoms with E-state index in [-0.39, 0.29) is 23.1 Å². The van der Waals surface area contributed by atoms with Crippen molar-refractivity contribution in [3.8, 4) is 11.3 Å². The van der Waals surface area contributed by atoms with Crippen LogP contribution in [-0.2, 0) is 6.54 Å². The molecule has 0 fully saturated rings. The number of rotatable bonds is 3. The van der Waals surface area contributed by atoms with Gasteiger partial charge < -0.3 is 9.90 Å². The van der Waals surface area contributed by atoms with Gasteiger partial charge >= 0.3 is 5.69 Å². The quantitative estimate of drug-likeness (QED) is 0.740. The summed E-state index contributed by atoms with van der Waals surface area (Å²) in [4.78, 5) is 41.9. The van der Waals surface area contributed by atoms with Crippen molar-refractivity contribution < 1.29 is 9.90 Å². The van der Waals surface area contributed by atoms with E-state index in [0.717, 1.165) is 0 Å². The zero-order chi connectivity index (χ0) is 16.6. The summed E-state index contributed by atoms with van der Waals surface area (Å²) in [5.74, 6) is -1.50. The van der Waals surface area contributed by atoms with Crippen molar-refractivity contribution in [2.24, 2.45) is 0 Å². The number of carbonyl (C=O) groups excluding carboxylic acids is 1. The molecule has 3 aromatic rings. The smallest absolute Gasteiger partial charge is 0.329 e. The average molecular weight is 310 g/mol.